The lowest BCUT2D eigenvalue weighted by atomic mass is 9.95. The number of carbonyl (C=O) groups excluding carboxylic acids is 4. The zero-order valence-corrected chi connectivity index (χ0v) is 33.9. The van der Waals surface area contributed by atoms with Gasteiger partial charge in [-0.05, 0) is 70.8 Å². The fourth-order valence-corrected chi connectivity index (χ4v) is 6.08. The molecule has 0 rings (SSSR count). The molecule has 0 aliphatic rings. The van der Waals surface area contributed by atoms with Crippen LogP contribution < -0.4 is 0 Å². The van der Waals surface area contributed by atoms with Crippen LogP contribution in [0.5, 0.6) is 0 Å². The Kier molecular flexibility index (Phi) is 35.6. The van der Waals surface area contributed by atoms with Crippen molar-refractivity contribution in [1.29, 1.82) is 0 Å². The Bertz CT molecular complexity index is 804. The van der Waals surface area contributed by atoms with Crippen LogP contribution in [0.15, 0.2) is 0 Å². The van der Waals surface area contributed by atoms with Gasteiger partial charge < -0.3 is 29.0 Å². The van der Waals surface area contributed by atoms with Crippen LogP contribution in [0.3, 0.4) is 0 Å². The maximum atomic E-state index is 12.6. The number of carbonyl (C=O) groups is 4. The fourth-order valence-electron chi connectivity index (χ4n) is 6.08. The molecule has 52 heavy (non-hydrogen) atoms. The SMILES string of the molecule is CCCCCCC(CCCC)C(=O)OCCCCOC(=O)CCN(CCCCO)CCC(=O)OCCCCOC(=O)C(CCCC)CCCCCC. The molecule has 1 N–H and O–H groups in total. The molecule has 0 radical (unpaired) electrons. The van der Waals surface area contributed by atoms with E-state index in [1.807, 2.05) is 4.90 Å². The molecule has 0 amide bonds. The summed E-state index contributed by atoms with van der Waals surface area (Å²) in [6, 6.07) is 0. The third-order valence-corrected chi connectivity index (χ3v) is 9.53. The Labute approximate surface area is 317 Å². The molecule has 0 aromatic rings. The zero-order chi connectivity index (χ0) is 38.5. The van der Waals surface area contributed by atoms with Crippen LogP contribution in [0.1, 0.15) is 182 Å². The van der Waals surface area contributed by atoms with Crippen molar-refractivity contribution in [2.75, 3.05) is 52.7 Å². The van der Waals surface area contributed by atoms with E-state index in [4.69, 9.17) is 18.9 Å². The summed E-state index contributed by atoms with van der Waals surface area (Å²) in [4.78, 5) is 52.1. The van der Waals surface area contributed by atoms with Gasteiger partial charge in [0.05, 0.1) is 51.1 Å². The highest BCUT2D eigenvalue weighted by molar-refractivity contribution is 5.73. The van der Waals surface area contributed by atoms with Gasteiger partial charge in [-0.3, -0.25) is 19.2 Å². The van der Waals surface area contributed by atoms with Gasteiger partial charge in [0, 0.05) is 19.7 Å². The van der Waals surface area contributed by atoms with E-state index in [1.165, 1.54) is 25.7 Å². The maximum absolute atomic E-state index is 12.6. The van der Waals surface area contributed by atoms with Crippen LogP contribution in [0, 0.1) is 11.8 Å². The molecule has 0 fully saturated rings. The Morgan fingerprint density at radius 1 is 0.442 bits per heavy atom. The van der Waals surface area contributed by atoms with Crippen molar-refractivity contribution in [3.63, 3.8) is 0 Å². The molecular formula is C42H79NO9. The number of unbranched alkanes of at least 4 members (excludes halogenated alkanes) is 11. The average Bonchev–Trinajstić information content (AvgIpc) is 3.14. The van der Waals surface area contributed by atoms with Gasteiger partial charge in [-0.25, -0.2) is 0 Å². The first-order valence-electron chi connectivity index (χ1n) is 21.3. The fraction of sp³-hybridized carbons (Fsp3) is 0.905. The van der Waals surface area contributed by atoms with E-state index in [2.05, 4.69) is 27.7 Å². The molecule has 10 nitrogen and oxygen atoms in total. The second-order valence-electron chi connectivity index (χ2n) is 14.3. The van der Waals surface area contributed by atoms with E-state index >= 15 is 0 Å². The van der Waals surface area contributed by atoms with Crippen molar-refractivity contribution in [2.24, 2.45) is 11.8 Å². The zero-order valence-electron chi connectivity index (χ0n) is 33.9. The molecule has 0 saturated carbocycles. The van der Waals surface area contributed by atoms with Crippen molar-refractivity contribution in [1.82, 2.24) is 4.90 Å². The first-order chi connectivity index (χ1) is 25.3. The minimum atomic E-state index is -0.299. The number of hydrogen-bond donors (Lipinski definition) is 1. The highest BCUT2D eigenvalue weighted by atomic mass is 16.5. The standard InChI is InChI=1S/C42H79NO9/c1-5-9-13-15-25-37(23-11-7-3)41(47)51-35-21-19-33-49-39(45)27-30-43(29-17-18-32-44)31-28-40(46)50-34-20-22-36-52-42(48)38(24-12-8-4)26-16-14-10-6-2/h37-38,44H,5-36H2,1-4H3. The summed E-state index contributed by atoms with van der Waals surface area (Å²) in [5.74, 6) is -0.816. The molecule has 2 unspecified atom stereocenters. The van der Waals surface area contributed by atoms with Crippen LogP contribution >= 0.6 is 0 Å². The van der Waals surface area contributed by atoms with Crippen molar-refractivity contribution in [2.45, 2.75) is 182 Å². The number of esters is 4. The van der Waals surface area contributed by atoms with Crippen molar-refractivity contribution < 1.29 is 43.2 Å². The number of nitrogens with zero attached hydrogens (tertiary/aromatic N) is 1. The molecule has 0 spiro atoms. The average molecular weight is 742 g/mol. The second kappa shape index (κ2) is 37.1. The molecule has 0 aliphatic heterocycles. The summed E-state index contributed by atoms with van der Waals surface area (Å²) in [5, 5.41) is 9.20. The van der Waals surface area contributed by atoms with Gasteiger partial charge in [0.15, 0.2) is 0 Å². The molecule has 0 bridgehead atoms. The quantitative estimate of drug-likeness (QED) is 0.0372. The smallest absolute Gasteiger partial charge is 0.308 e. The van der Waals surface area contributed by atoms with Gasteiger partial charge >= 0.3 is 23.9 Å². The molecule has 0 aromatic heterocycles. The Balaban J connectivity index is 4.31. The first kappa shape index (κ1) is 49.8. The molecule has 0 aromatic carbocycles. The van der Waals surface area contributed by atoms with Gasteiger partial charge in [0.1, 0.15) is 0 Å². The lowest BCUT2D eigenvalue weighted by molar-refractivity contribution is -0.150. The van der Waals surface area contributed by atoms with E-state index in [1.54, 1.807) is 0 Å². The summed E-state index contributed by atoms with van der Waals surface area (Å²) < 4.78 is 22.0. The highest BCUT2D eigenvalue weighted by Crippen LogP contribution is 2.20. The van der Waals surface area contributed by atoms with E-state index in [-0.39, 0.29) is 68.4 Å². The van der Waals surface area contributed by atoms with E-state index in [0.717, 1.165) is 83.5 Å². The summed E-state index contributed by atoms with van der Waals surface area (Å²) in [7, 11) is 0. The van der Waals surface area contributed by atoms with Crippen LogP contribution in [0.2, 0.25) is 0 Å². The van der Waals surface area contributed by atoms with Gasteiger partial charge in [-0.15, -0.1) is 0 Å². The van der Waals surface area contributed by atoms with Crippen LogP contribution in [0.4, 0.5) is 0 Å². The summed E-state index contributed by atoms with van der Waals surface area (Å²) in [5.41, 5.74) is 0. The predicted octanol–water partition coefficient (Wildman–Crippen LogP) is 9.13. The lowest BCUT2D eigenvalue weighted by Crippen LogP contribution is -2.31. The summed E-state index contributed by atoms with van der Waals surface area (Å²) in [6.45, 7) is 11.6. The summed E-state index contributed by atoms with van der Waals surface area (Å²) in [6.07, 6.45) is 21.3. The number of aliphatic hydroxyl groups is 1. The van der Waals surface area contributed by atoms with Gasteiger partial charge in [-0.2, -0.15) is 0 Å². The van der Waals surface area contributed by atoms with Crippen LogP contribution in [0.25, 0.3) is 0 Å². The number of hydrogen-bond acceptors (Lipinski definition) is 10. The molecule has 306 valence electrons. The van der Waals surface area contributed by atoms with Crippen LogP contribution in [-0.4, -0.2) is 86.6 Å². The number of aliphatic hydroxyl groups excluding tert-OH is 1. The predicted molar refractivity (Wildman–Crippen MR) is 208 cm³/mol. The van der Waals surface area contributed by atoms with E-state index in [9.17, 15) is 24.3 Å². The molecular weight excluding hydrogens is 662 g/mol. The number of rotatable bonds is 38. The lowest BCUT2D eigenvalue weighted by Gasteiger charge is -2.21. The summed E-state index contributed by atoms with van der Waals surface area (Å²) >= 11 is 0. The minimum Gasteiger partial charge on any atom is -0.466 e. The van der Waals surface area contributed by atoms with E-state index < -0.39 is 0 Å². The second-order valence-corrected chi connectivity index (χ2v) is 14.3. The van der Waals surface area contributed by atoms with E-state index in [0.29, 0.717) is 65.0 Å². The van der Waals surface area contributed by atoms with Crippen molar-refractivity contribution in [3.8, 4) is 0 Å². The Morgan fingerprint density at radius 2 is 0.827 bits per heavy atom. The Morgan fingerprint density at radius 3 is 1.21 bits per heavy atom. The molecule has 0 aliphatic carbocycles. The van der Waals surface area contributed by atoms with Crippen molar-refractivity contribution in [3.05, 3.63) is 0 Å². The van der Waals surface area contributed by atoms with Gasteiger partial charge in [-0.1, -0.05) is 105 Å². The van der Waals surface area contributed by atoms with Crippen molar-refractivity contribution >= 4 is 23.9 Å². The van der Waals surface area contributed by atoms with Crippen LogP contribution in [-0.2, 0) is 38.1 Å². The Hall–Kier alpha value is -2.20. The molecule has 10 heteroatoms. The molecule has 0 heterocycles. The minimum absolute atomic E-state index is 0.0159. The topological polar surface area (TPSA) is 129 Å². The maximum Gasteiger partial charge on any atom is 0.308 e. The normalized spacial score (nSPS) is 12.4. The number of ether oxygens (including phenoxy) is 4. The monoisotopic (exact) mass is 742 g/mol. The first-order valence-corrected chi connectivity index (χ1v) is 21.3. The third-order valence-electron chi connectivity index (χ3n) is 9.53. The highest BCUT2D eigenvalue weighted by Gasteiger charge is 2.20. The molecule has 2 atom stereocenters. The van der Waals surface area contributed by atoms with Gasteiger partial charge in [0.2, 0.25) is 0 Å². The largest absolute Gasteiger partial charge is 0.466 e. The molecule has 0 saturated heterocycles. The third kappa shape index (κ3) is 30.3. The van der Waals surface area contributed by atoms with Gasteiger partial charge in [0.25, 0.3) is 0 Å².